The second-order valence-corrected chi connectivity index (χ2v) is 5.60. The highest BCUT2D eigenvalue weighted by Crippen LogP contribution is 2.29. The first kappa shape index (κ1) is 12.4. The number of nitrogens with one attached hydrogen (secondary N) is 1. The Morgan fingerprint density at radius 1 is 1.19 bits per heavy atom. The van der Waals surface area contributed by atoms with E-state index in [9.17, 15) is 0 Å². The molecule has 94 valence electrons. The summed E-state index contributed by atoms with van der Waals surface area (Å²) in [5.74, 6) is 0.930. The first-order valence-electron chi connectivity index (χ1n) is 7.17. The van der Waals surface area contributed by atoms with Gasteiger partial charge in [0.2, 0.25) is 0 Å². The van der Waals surface area contributed by atoms with Crippen molar-refractivity contribution in [3.8, 4) is 0 Å². The Morgan fingerprint density at radius 2 is 1.88 bits per heavy atom. The molecule has 2 heteroatoms. The molecule has 1 atom stereocenters. The molecule has 2 aliphatic carbocycles. The molecule has 0 amide bonds. The topological polar surface area (TPSA) is 21.3 Å². The van der Waals surface area contributed by atoms with Crippen LogP contribution < -0.4 is 5.32 Å². The first-order valence-corrected chi connectivity index (χ1v) is 7.17. The molecular weight excluding hydrogens is 198 g/mol. The van der Waals surface area contributed by atoms with Crippen molar-refractivity contribution < 1.29 is 4.74 Å². The third-order valence-corrected chi connectivity index (χ3v) is 4.35. The van der Waals surface area contributed by atoms with Crippen LogP contribution in [0.4, 0.5) is 0 Å². The third-order valence-electron chi connectivity index (χ3n) is 4.35. The van der Waals surface area contributed by atoms with Crippen molar-refractivity contribution in [3.63, 3.8) is 0 Å². The number of hydrogen-bond donors (Lipinski definition) is 1. The molecule has 2 saturated carbocycles. The molecule has 0 aromatic heterocycles. The van der Waals surface area contributed by atoms with Gasteiger partial charge in [0, 0.05) is 18.7 Å². The molecule has 2 nitrogen and oxygen atoms in total. The zero-order valence-electron chi connectivity index (χ0n) is 10.9. The molecule has 0 saturated heterocycles. The van der Waals surface area contributed by atoms with Gasteiger partial charge in [0.25, 0.3) is 0 Å². The molecule has 0 heterocycles. The molecule has 2 rings (SSSR count). The van der Waals surface area contributed by atoms with Crippen molar-refractivity contribution in [2.24, 2.45) is 5.92 Å². The lowest BCUT2D eigenvalue weighted by Crippen LogP contribution is -2.50. The second-order valence-electron chi connectivity index (χ2n) is 5.60. The minimum Gasteiger partial charge on any atom is -0.378 e. The molecular formula is C14H27NO. The number of ether oxygens (including phenoxy) is 1. The standard InChI is InChI=1S/C14H27NO/c1-3-16-14-9-13(10-14)15-11(2)12-7-5-4-6-8-12/h11-15H,3-10H2,1-2H3/t11-,13?,14?/m0/s1. The van der Waals surface area contributed by atoms with E-state index in [2.05, 4.69) is 19.2 Å². The third kappa shape index (κ3) is 3.21. The van der Waals surface area contributed by atoms with E-state index >= 15 is 0 Å². The Morgan fingerprint density at radius 3 is 2.50 bits per heavy atom. The Labute approximate surface area is 100 Å². The molecule has 2 fully saturated rings. The molecule has 0 aliphatic heterocycles. The van der Waals surface area contributed by atoms with E-state index < -0.39 is 0 Å². The van der Waals surface area contributed by atoms with E-state index in [1.54, 1.807) is 0 Å². The van der Waals surface area contributed by atoms with E-state index in [1.165, 1.54) is 44.9 Å². The maximum Gasteiger partial charge on any atom is 0.0604 e. The van der Waals surface area contributed by atoms with Crippen LogP contribution in [0.1, 0.15) is 58.8 Å². The lowest BCUT2D eigenvalue weighted by atomic mass is 9.82. The molecule has 0 aromatic carbocycles. The molecule has 16 heavy (non-hydrogen) atoms. The van der Waals surface area contributed by atoms with Gasteiger partial charge in [-0.1, -0.05) is 19.3 Å². The molecule has 0 unspecified atom stereocenters. The van der Waals surface area contributed by atoms with Crippen LogP contribution in [0.15, 0.2) is 0 Å². The zero-order valence-corrected chi connectivity index (χ0v) is 10.9. The Hall–Kier alpha value is -0.0800. The molecule has 0 aromatic rings. The summed E-state index contributed by atoms with van der Waals surface area (Å²) in [5, 5.41) is 3.79. The molecule has 0 radical (unpaired) electrons. The van der Waals surface area contributed by atoms with Gasteiger partial charge in [-0.15, -0.1) is 0 Å². The summed E-state index contributed by atoms with van der Waals surface area (Å²) in [6.07, 6.45) is 10.2. The summed E-state index contributed by atoms with van der Waals surface area (Å²) in [6.45, 7) is 5.34. The monoisotopic (exact) mass is 225 g/mol. The van der Waals surface area contributed by atoms with Crippen LogP contribution in [0.25, 0.3) is 0 Å². The average Bonchev–Trinajstić information content (AvgIpc) is 2.27. The number of rotatable bonds is 5. The predicted octanol–water partition coefficient (Wildman–Crippen LogP) is 3.11. The van der Waals surface area contributed by atoms with Gasteiger partial charge >= 0.3 is 0 Å². The van der Waals surface area contributed by atoms with E-state index in [0.717, 1.165) is 18.6 Å². The van der Waals surface area contributed by atoms with Crippen molar-refractivity contribution >= 4 is 0 Å². The van der Waals surface area contributed by atoms with Crippen molar-refractivity contribution in [2.75, 3.05) is 6.61 Å². The van der Waals surface area contributed by atoms with Crippen LogP contribution in [0, 0.1) is 5.92 Å². The minimum absolute atomic E-state index is 0.543. The summed E-state index contributed by atoms with van der Waals surface area (Å²) in [6, 6.07) is 1.45. The van der Waals surface area contributed by atoms with Gasteiger partial charge in [-0.3, -0.25) is 0 Å². The Balaban J connectivity index is 1.62. The van der Waals surface area contributed by atoms with Crippen LogP contribution in [-0.4, -0.2) is 24.8 Å². The van der Waals surface area contributed by atoms with Gasteiger partial charge in [-0.25, -0.2) is 0 Å². The highest BCUT2D eigenvalue weighted by Gasteiger charge is 2.31. The van der Waals surface area contributed by atoms with Gasteiger partial charge in [-0.2, -0.15) is 0 Å². The lowest BCUT2D eigenvalue weighted by molar-refractivity contribution is -0.0140. The number of hydrogen-bond acceptors (Lipinski definition) is 2. The summed E-state index contributed by atoms with van der Waals surface area (Å²) >= 11 is 0. The molecule has 0 bridgehead atoms. The van der Waals surface area contributed by atoms with Crippen LogP contribution in [-0.2, 0) is 4.74 Å². The van der Waals surface area contributed by atoms with Gasteiger partial charge in [0.1, 0.15) is 0 Å². The Bertz CT molecular complexity index is 195. The second kappa shape index (κ2) is 6.02. The fraction of sp³-hybridized carbons (Fsp3) is 1.00. The van der Waals surface area contributed by atoms with Crippen LogP contribution in [0.5, 0.6) is 0 Å². The van der Waals surface area contributed by atoms with E-state index in [1.807, 2.05) is 0 Å². The Kier molecular flexibility index (Phi) is 4.66. The zero-order chi connectivity index (χ0) is 11.4. The average molecular weight is 225 g/mol. The summed E-state index contributed by atoms with van der Waals surface area (Å²) in [5.41, 5.74) is 0. The van der Waals surface area contributed by atoms with Crippen LogP contribution in [0.2, 0.25) is 0 Å². The van der Waals surface area contributed by atoms with E-state index in [0.29, 0.717) is 12.1 Å². The maximum atomic E-state index is 5.60. The van der Waals surface area contributed by atoms with Gasteiger partial charge in [-0.05, 0) is 45.4 Å². The first-order chi connectivity index (χ1) is 7.79. The fourth-order valence-corrected chi connectivity index (χ4v) is 3.22. The highest BCUT2D eigenvalue weighted by molar-refractivity contribution is 4.89. The summed E-state index contributed by atoms with van der Waals surface area (Å²) < 4.78 is 5.60. The van der Waals surface area contributed by atoms with Crippen molar-refractivity contribution in [1.82, 2.24) is 5.32 Å². The van der Waals surface area contributed by atoms with E-state index in [4.69, 9.17) is 4.74 Å². The van der Waals surface area contributed by atoms with Gasteiger partial charge in [0.05, 0.1) is 6.10 Å². The summed E-state index contributed by atoms with van der Waals surface area (Å²) in [7, 11) is 0. The lowest BCUT2D eigenvalue weighted by Gasteiger charge is -2.39. The van der Waals surface area contributed by atoms with Crippen molar-refractivity contribution in [1.29, 1.82) is 0 Å². The minimum atomic E-state index is 0.543. The summed E-state index contributed by atoms with van der Waals surface area (Å²) in [4.78, 5) is 0. The molecule has 0 spiro atoms. The van der Waals surface area contributed by atoms with Crippen LogP contribution >= 0.6 is 0 Å². The normalized spacial score (nSPS) is 33.4. The van der Waals surface area contributed by atoms with Gasteiger partial charge in [0.15, 0.2) is 0 Å². The molecule has 1 N–H and O–H groups in total. The van der Waals surface area contributed by atoms with Gasteiger partial charge < -0.3 is 10.1 Å². The largest absolute Gasteiger partial charge is 0.378 e. The van der Waals surface area contributed by atoms with Crippen LogP contribution in [0.3, 0.4) is 0 Å². The highest BCUT2D eigenvalue weighted by atomic mass is 16.5. The maximum absolute atomic E-state index is 5.60. The smallest absolute Gasteiger partial charge is 0.0604 e. The van der Waals surface area contributed by atoms with E-state index in [-0.39, 0.29) is 0 Å². The predicted molar refractivity (Wildman–Crippen MR) is 67.6 cm³/mol. The fourth-order valence-electron chi connectivity index (χ4n) is 3.22. The quantitative estimate of drug-likeness (QED) is 0.776. The van der Waals surface area contributed by atoms with Crippen molar-refractivity contribution in [3.05, 3.63) is 0 Å². The van der Waals surface area contributed by atoms with Crippen molar-refractivity contribution in [2.45, 2.75) is 77.0 Å². The SMILES string of the molecule is CCOC1CC(N[C@@H](C)C2CCCCC2)C1. The molecule has 2 aliphatic rings.